The van der Waals surface area contributed by atoms with Crippen LogP contribution in [-0.4, -0.2) is 42.2 Å². The molecule has 0 saturated heterocycles. The molecular weight excluding hydrogens is 468 g/mol. The van der Waals surface area contributed by atoms with E-state index in [9.17, 15) is 19.2 Å². The molecule has 0 atom stereocenters. The van der Waals surface area contributed by atoms with Gasteiger partial charge < -0.3 is 9.13 Å². The zero-order chi connectivity index (χ0) is 26.2. The second-order valence-electron chi connectivity index (χ2n) is 10.0. The molecule has 184 valence electrons. The molecule has 2 aliphatic rings. The third-order valence-corrected chi connectivity index (χ3v) is 7.01. The second-order valence-corrected chi connectivity index (χ2v) is 10.0. The number of carbonyl (C=O) groups is 4. The summed E-state index contributed by atoms with van der Waals surface area (Å²) in [7, 11) is 0. The third-order valence-electron chi connectivity index (χ3n) is 7.01. The maximum atomic E-state index is 13.4. The highest BCUT2D eigenvalue weighted by Gasteiger charge is 2.39. The molecule has 8 heteroatoms. The van der Waals surface area contributed by atoms with E-state index in [0.29, 0.717) is 45.3 Å². The lowest BCUT2D eigenvalue weighted by Gasteiger charge is -2.22. The fourth-order valence-electron chi connectivity index (χ4n) is 5.33. The van der Waals surface area contributed by atoms with Gasteiger partial charge in [0.25, 0.3) is 11.6 Å². The molecule has 0 radical (unpaired) electrons. The van der Waals surface area contributed by atoms with Crippen molar-refractivity contribution >= 4 is 23.1 Å². The predicted molar refractivity (Wildman–Crippen MR) is 136 cm³/mol. The van der Waals surface area contributed by atoms with Crippen molar-refractivity contribution in [3.63, 3.8) is 0 Å². The Morgan fingerprint density at radius 1 is 0.568 bits per heavy atom. The zero-order valence-corrected chi connectivity index (χ0v) is 20.9. The van der Waals surface area contributed by atoms with E-state index >= 15 is 0 Å². The van der Waals surface area contributed by atoms with Crippen molar-refractivity contribution in [2.24, 2.45) is 0 Å². The second kappa shape index (κ2) is 8.03. The SMILES string of the molecule is CC(C)c1nc2c(n1Cn1c(C(C)C)nc3c1-c1ccccc1C(=O)C3=O)C(=O)C(=O)c1ccccc1-2. The molecule has 0 N–H and O–H groups in total. The van der Waals surface area contributed by atoms with E-state index in [1.165, 1.54) is 0 Å². The minimum Gasteiger partial charge on any atom is -0.308 e. The summed E-state index contributed by atoms with van der Waals surface area (Å²) in [6, 6.07) is 14.0. The van der Waals surface area contributed by atoms with E-state index in [-0.39, 0.29) is 29.9 Å². The summed E-state index contributed by atoms with van der Waals surface area (Å²) in [5.74, 6) is -1.29. The molecule has 0 amide bonds. The topological polar surface area (TPSA) is 104 Å². The maximum absolute atomic E-state index is 13.4. The zero-order valence-electron chi connectivity index (χ0n) is 20.9. The van der Waals surface area contributed by atoms with E-state index in [1.54, 1.807) is 41.0 Å². The molecule has 0 unspecified atom stereocenters. The lowest BCUT2D eigenvalue weighted by Crippen LogP contribution is -2.27. The predicted octanol–water partition coefficient (Wildman–Crippen LogP) is 4.92. The number of aromatic nitrogens is 4. The molecule has 6 rings (SSSR count). The van der Waals surface area contributed by atoms with Crippen molar-refractivity contribution in [2.75, 3.05) is 0 Å². The lowest BCUT2D eigenvalue weighted by atomic mass is 9.90. The number of Topliss-reactive ketones (excluding diaryl/α,β-unsaturated/α-hetero) is 4. The molecule has 0 bridgehead atoms. The number of carbonyl (C=O) groups excluding carboxylic acids is 4. The molecule has 0 aliphatic heterocycles. The van der Waals surface area contributed by atoms with E-state index in [1.807, 2.05) is 44.4 Å². The van der Waals surface area contributed by atoms with Gasteiger partial charge in [0.1, 0.15) is 35.4 Å². The van der Waals surface area contributed by atoms with Crippen molar-refractivity contribution in [2.45, 2.75) is 46.2 Å². The van der Waals surface area contributed by atoms with Gasteiger partial charge >= 0.3 is 0 Å². The number of hydrogen-bond acceptors (Lipinski definition) is 6. The van der Waals surface area contributed by atoms with E-state index in [4.69, 9.17) is 4.98 Å². The fourth-order valence-corrected chi connectivity index (χ4v) is 5.33. The first-order valence-electron chi connectivity index (χ1n) is 12.3. The van der Waals surface area contributed by atoms with Gasteiger partial charge in [0.2, 0.25) is 11.6 Å². The monoisotopic (exact) mass is 492 g/mol. The van der Waals surface area contributed by atoms with E-state index in [2.05, 4.69) is 4.98 Å². The highest BCUT2D eigenvalue weighted by Crippen LogP contribution is 2.38. The van der Waals surface area contributed by atoms with Crippen molar-refractivity contribution in [1.82, 2.24) is 19.1 Å². The van der Waals surface area contributed by atoms with Crippen LogP contribution in [0.4, 0.5) is 0 Å². The number of imidazole rings is 2. The maximum Gasteiger partial charge on any atom is 0.254 e. The number of benzene rings is 2. The molecule has 4 aromatic rings. The minimum absolute atomic E-state index is 0.0574. The van der Waals surface area contributed by atoms with Gasteiger partial charge in [-0.05, 0) is 0 Å². The van der Waals surface area contributed by atoms with Crippen LogP contribution in [0.2, 0.25) is 0 Å². The normalized spacial score (nSPS) is 14.2. The Labute approximate surface area is 213 Å². The van der Waals surface area contributed by atoms with E-state index in [0.717, 1.165) is 0 Å². The Kier molecular flexibility index (Phi) is 4.98. The molecular formula is C29H24N4O4. The van der Waals surface area contributed by atoms with Crippen LogP contribution in [0.3, 0.4) is 0 Å². The number of fused-ring (bicyclic) bond motifs is 6. The Hall–Kier alpha value is -4.46. The van der Waals surface area contributed by atoms with Crippen molar-refractivity contribution in [3.05, 3.63) is 82.7 Å². The average molecular weight is 493 g/mol. The summed E-state index contributed by atoms with van der Waals surface area (Å²) in [5.41, 5.74) is 3.29. The van der Waals surface area contributed by atoms with Gasteiger partial charge in [-0.2, -0.15) is 0 Å². The average Bonchev–Trinajstić information content (AvgIpc) is 3.46. The molecule has 2 heterocycles. The van der Waals surface area contributed by atoms with Crippen LogP contribution in [0.15, 0.2) is 48.5 Å². The summed E-state index contributed by atoms with van der Waals surface area (Å²) in [4.78, 5) is 61.9. The Morgan fingerprint density at radius 3 is 1.62 bits per heavy atom. The minimum atomic E-state index is -0.647. The Bertz CT molecular complexity index is 1690. The van der Waals surface area contributed by atoms with Crippen LogP contribution in [-0.2, 0) is 6.67 Å². The standard InChI is InChI=1S/C29H24N4O4/c1-14(2)28-30-20-16-9-5-7-11-18(16)25(35)27(37)23(20)33(28)13-32-22-17-10-6-8-12-19(17)24(34)26(36)21(22)31-29(32)15(3)4/h5-12,14-15H,13H2,1-4H3. The van der Waals surface area contributed by atoms with Gasteiger partial charge in [-0.25, -0.2) is 9.97 Å². The third kappa shape index (κ3) is 3.15. The summed E-state index contributed by atoms with van der Waals surface area (Å²) < 4.78 is 3.66. The van der Waals surface area contributed by atoms with Gasteiger partial charge in [-0.15, -0.1) is 0 Å². The quantitative estimate of drug-likeness (QED) is 0.375. The number of ketones is 4. The lowest BCUT2D eigenvalue weighted by molar-refractivity contribution is 0.0809. The Morgan fingerprint density at radius 2 is 1.03 bits per heavy atom. The van der Waals surface area contributed by atoms with Crippen molar-refractivity contribution < 1.29 is 19.2 Å². The van der Waals surface area contributed by atoms with Crippen LogP contribution < -0.4 is 0 Å². The Balaban J connectivity index is 1.63. The van der Waals surface area contributed by atoms with Crippen LogP contribution in [0.1, 0.15) is 92.9 Å². The van der Waals surface area contributed by atoms with Gasteiger partial charge in [0, 0.05) is 34.1 Å². The van der Waals surface area contributed by atoms with Gasteiger partial charge in [-0.3, -0.25) is 19.2 Å². The molecule has 0 fully saturated rings. The van der Waals surface area contributed by atoms with Crippen molar-refractivity contribution in [1.29, 1.82) is 0 Å². The fraction of sp³-hybridized carbons (Fsp3) is 0.241. The molecule has 8 nitrogen and oxygen atoms in total. The summed E-state index contributed by atoms with van der Waals surface area (Å²) in [6.07, 6.45) is 0. The molecule has 2 aromatic heterocycles. The highest BCUT2D eigenvalue weighted by molar-refractivity contribution is 6.53. The highest BCUT2D eigenvalue weighted by atomic mass is 16.2. The summed E-state index contributed by atoms with van der Waals surface area (Å²) in [6.45, 7) is 7.99. The van der Waals surface area contributed by atoms with Gasteiger partial charge in [0.05, 0.1) is 5.69 Å². The number of rotatable bonds is 4. The van der Waals surface area contributed by atoms with Crippen molar-refractivity contribution in [3.8, 4) is 22.5 Å². The van der Waals surface area contributed by atoms with Crippen LogP contribution >= 0.6 is 0 Å². The molecule has 2 aromatic carbocycles. The molecule has 0 saturated carbocycles. The summed E-state index contributed by atoms with van der Waals surface area (Å²) in [5, 5.41) is 0. The number of hydrogen-bond donors (Lipinski definition) is 0. The van der Waals surface area contributed by atoms with Crippen LogP contribution in [0.5, 0.6) is 0 Å². The largest absolute Gasteiger partial charge is 0.308 e. The first-order valence-corrected chi connectivity index (χ1v) is 12.3. The van der Waals surface area contributed by atoms with Crippen LogP contribution in [0, 0.1) is 0 Å². The first-order chi connectivity index (χ1) is 17.7. The van der Waals surface area contributed by atoms with Gasteiger partial charge in [-0.1, -0.05) is 76.2 Å². The molecule has 0 spiro atoms. The first kappa shape index (κ1) is 23.0. The van der Waals surface area contributed by atoms with Crippen LogP contribution in [0.25, 0.3) is 22.5 Å². The smallest absolute Gasteiger partial charge is 0.254 e. The molecule has 2 aliphatic carbocycles. The van der Waals surface area contributed by atoms with Gasteiger partial charge in [0.15, 0.2) is 0 Å². The van der Waals surface area contributed by atoms with E-state index < -0.39 is 23.1 Å². The molecule has 37 heavy (non-hydrogen) atoms. The summed E-state index contributed by atoms with van der Waals surface area (Å²) >= 11 is 0. The number of nitrogens with zero attached hydrogens (tertiary/aromatic N) is 4.